The Morgan fingerprint density at radius 2 is 1.81 bits per heavy atom. The van der Waals surface area contributed by atoms with Crippen LogP contribution < -0.4 is 0 Å². The summed E-state index contributed by atoms with van der Waals surface area (Å²) in [5.41, 5.74) is -0.642. The van der Waals surface area contributed by atoms with E-state index in [4.69, 9.17) is 4.84 Å². The van der Waals surface area contributed by atoms with Gasteiger partial charge in [0.2, 0.25) is 0 Å². The van der Waals surface area contributed by atoms with Crippen molar-refractivity contribution in [1.29, 1.82) is 0 Å². The number of aliphatic hydroxyl groups is 1. The van der Waals surface area contributed by atoms with Gasteiger partial charge in [-0.2, -0.15) is 0 Å². The molecule has 3 heterocycles. The zero-order valence-electron chi connectivity index (χ0n) is 17.5. The largest absolute Gasteiger partial charge is 0.368 e. The molecule has 2 aliphatic heterocycles. The molecule has 1 aliphatic carbocycles. The van der Waals surface area contributed by atoms with Crippen LogP contribution in [0.25, 0.3) is 0 Å². The molecule has 170 valence electrons. The number of rotatable bonds is 3. The van der Waals surface area contributed by atoms with E-state index in [1.165, 1.54) is 26.3 Å². The normalized spacial score (nSPS) is 29.4. The second-order valence-corrected chi connectivity index (χ2v) is 10.9. The molecule has 5 rings (SSSR count). The molecular weight excluding hydrogens is 504 g/mol. The number of benzene rings is 1. The summed E-state index contributed by atoms with van der Waals surface area (Å²) >= 11 is 3.44. The quantitative estimate of drug-likeness (QED) is 0.653. The Labute approximate surface area is 193 Å². The first-order chi connectivity index (χ1) is 15.0. The van der Waals surface area contributed by atoms with Crippen LogP contribution in [0.15, 0.2) is 45.9 Å². The smallest absolute Gasteiger partial charge is 0.336 e. The molecule has 12 heteroatoms. The molecule has 1 saturated heterocycles. The minimum atomic E-state index is -4.34. The molecule has 2 aromatic rings. The van der Waals surface area contributed by atoms with Crippen LogP contribution in [0.5, 0.6) is 0 Å². The third-order valence-corrected chi connectivity index (χ3v) is 9.09. The Morgan fingerprint density at radius 1 is 1.16 bits per heavy atom. The number of fused-ring (bicyclic) bond motifs is 5. The highest BCUT2D eigenvalue weighted by atomic mass is 79.9. The van der Waals surface area contributed by atoms with E-state index in [9.17, 15) is 23.1 Å². The molecule has 3 amide bonds. The van der Waals surface area contributed by atoms with E-state index in [0.717, 1.165) is 15.5 Å². The summed E-state index contributed by atoms with van der Waals surface area (Å²) in [5, 5.41) is 12.7. The maximum atomic E-state index is 13.6. The number of aromatic nitrogens is 1. The lowest BCUT2D eigenvalue weighted by atomic mass is 10.0. The van der Waals surface area contributed by atoms with E-state index in [1.807, 2.05) is 6.92 Å². The molecule has 0 radical (unpaired) electrons. The molecular formula is C20H21BrN4O6S. The number of amides is 3. The van der Waals surface area contributed by atoms with Crippen molar-refractivity contribution in [3.8, 4) is 0 Å². The molecule has 0 bridgehead atoms. The van der Waals surface area contributed by atoms with Crippen molar-refractivity contribution >= 4 is 37.9 Å². The van der Waals surface area contributed by atoms with Gasteiger partial charge in [0.15, 0.2) is 5.72 Å². The van der Waals surface area contributed by atoms with Gasteiger partial charge in [-0.25, -0.2) is 22.6 Å². The molecule has 0 spiro atoms. The number of nitrogens with zero attached hydrogens (tertiary/aromatic N) is 4. The average molecular weight is 525 g/mol. The number of halogens is 1. The fourth-order valence-corrected chi connectivity index (χ4v) is 7.33. The number of hydroxylamine groups is 2. The Kier molecular flexibility index (Phi) is 4.55. The third kappa shape index (κ3) is 2.54. The fourth-order valence-electron chi connectivity index (χ4n) is 5.12. The Morgan fingerprint density at radius 3 is 2.44 bits per heavy atom. The number of carbonyl (C=O) groups excluding carboxylic acids is 2. The Bertz CT molecular complexity index is 1250. The summed E-state index contributed by atoms with van der Waals surface area (Å²) in [6, 6.07) is 5.83. The number of urea groups is 1. The van der Waals surface area contributed by atoms with Crippen molar-refractivity contribution < 1.29 is 28.0 Å². The average Bonchev–Trinajstić information content (AvgIpc) is 3.33. The molecule has 32 heavy (non-hydrogen) atoms. The van der Waals surface area contributed by atoms with Gasteiger partial charge in [0.1, 0.15) is 17.8 Å². The minimum Gasteiger partial charge on any atom is -0.368 e. The lowest BCUT2D eigenvalue weighted by Gasteiger charge is -2.40. The SMILES string of the molecule is CON1C(=O)c2ccc(Br)n2[C@H]2C[C@@]3(O)C([C@H]21)N(S(=O)(=O)c1ccc(C)cc1)C(=O)N3C. The van der Waals surface area contributed by atoms with Crippen LogP contribution in [0.2, 0.25) is 0 Å². The second kappa shape index (κ2) is 6.80. The van der Waals surface area contributed by atoms with Crippen LogP contribution in [0, 0.1) is 6.92 Å². The molecule has 3 aliphatic rings. The Hall–Kier alpha value is -2.41. The van der Waals surface area contributed by atoms with Crippen LogP contribution in [0.1, 0.15) is 28.5 Å². The van der Waals surface area contributed by atoms with Crippen LogP contribution in [-0.4, -0.2) is 76.3 Å². The van der Waals surface area contributed by atoms with Gasteiger partial charge >= 0.3 is 6.03 Å². The third-order valence-electron chi connectivity index (χ3n) is 6.67. The minimum absolute atomic E-state index is 0.0118. The number of sulfonamides is 1. The topological polar surface area (TPSA) is 112 Å². The van der Waals surface area contributed by atoms with E-state index in [0.29, 0.717) is 14.6 Å². The molecule has 10 nitrogen and oxygen atoms in total. The number of hydrogen-bond donors (Lipinski definition) is 1. The van der Waals surface area contributed by atoms with Crippen molar-refractivity contribution in [2.75, 3.05) is 14.2 Å². The molecule has 4 atom stereocenters. The van der Waals surface area contributed by atoms with E-state index in [1.54, 1.807) is 28.8 Å². The monoisotopic (exact) mass is 524 g/mol. The van der Waals surface area contributed by atoms with Crippen molar-refractivity contribution in [2.24, 2.45) is 0 Å². The number of hydrogen-bond acceptors (Lipinski definition) is 6. The predicted molar refractivity (Wildman–Crippen MR) is 115 cm³/mol. The van der Waals surface area contributed by atoms with Gasteiger partial charge in [0.05, 0.1) is 22.7 Å². The van der Waals surface area contributed by atoms with Crippen molar-refractivity contribution in [3.05, 3.63) is 52.3 Å². The maximum absolute atomic E-state index is 13.6. The Balaban J connectivity index is 1.70. The molecule has 1 aromatic heterocycles. The number of carbonyl (C=O) groups is 2. The van der Waals surface area contributed by atoms with Gasteiger partial charge in [-0.1, -0.05) is 17.7 Å². The zero-order valence-corrected chi connectivity index (χ0v) is 19.9. The first-order valence-electron chi connectivity index (χ1n) is 9.89. The summed E-state index contributed by atoms with van der Waals surface area (Å²) in [7, 11) is -1.67. The molecule has 2 fully saturated rings. The van der Waals surface area contributed by atoms with Gasteiger partial charge in [0.25, 0.3) is 15.9 Å². The second-order valence-electron chi connectivity index (χ2n) is 8.27. The maximum Gasteiger partial charge on any atom is 0.336 e. The summed E-state index contributed by atoms with van der Waals surface area (Å²) in [6.07, 6.45) is 0.0118. The summed E-state index contributed by atoms with van der Waals surface area (Å²) < 4.78 is 30.2. The van der Waals surface area contributed by atoms with Crippen LogP contribution >= 0.6 is 15.9 Å². The van der Waals surface area contributed by atoms with Gasteiger partial charge in [-0.05, 0) is 47.1 Å². The van der Waals surface area contributed by atoms with E-state index < -0.39 is 45.8 Å². The fraction of sp³-hybridized carbons (Fsp3) is 0.400. The van der Waals surface area contributed by atoms with Gasteiger partial charge in [0, 0.05) is 13.5 Å². The van der Waals surface area contributed by atoms with E-state index in [2.05, 4.69) is 15.9 Å². The highest BCUT2D eigenvalue weighted by Crippen LogP contribution is 2.53. The van der Waals surface area contributed by atoms with Gasteiger partial charge < -0.3 is 9.67 Å². The van der Waals surface area contributed by atoms with Crippen LogP contribution in [0.4, 0.5) is 4.79 Å². The lowest BCUT2D eigenvalue weighted by molar-refractivity contribution is -0.150. The number of aryl methyl sites for hydroxylation is 1. The highest BCUT2D eigenvalue weighted by Gasteiger charge is 2.71. The van der Waals surface area contributed by atoms with Crippen LogP contribution in [-0.2, 0) is 14.9 Å². The summed E-state index contributed by atoms with van der Waals surface area (Å²) in [6.45, 7) is 1.82. The highest BCUT2D eigenvalue weighted by molar-refractivity contribution is 9.10. The van der Waals surface area contributed by atoms with Crippen molar-refractivity contribution in [3.63, 3.8) is 0 Å². The molecule has 1 aromatic carbocycles. The molecule has 1 saturated carbocycles. The summed E-state index contributed by atoms with van der Waals surface area (Å²) in [4.78, 5) is 32.7. The lowest BCUT2D eigenvalue weighted by Crippen LogP contribution is -2.59. The van der Waals surface area contributed by atoms with Crippen LogP contribution in [0.3, 0.4) is 0 Å². The zero-order chi connectivity index (χ0) is 23.2. The first kappa shape index (κ1) is 21.4. The van der Waals surface area contributed by atoms with Crippen molar-refractivity contribution in [2.45, 2.75) is 42.1 Å². The van der Waals surface area contributed by atoms with E-state index in [-0.39, 0.29) is 11.3 Å². The first-order valence-corrected chi connectivity index (χ1v) is 12.1. The van der Waals surface area contributed by atoms with E-state index >= 15 is 0 Å². The van der Waals surface area contributed by atoms with Gasteiger partial charge in [-0.15, -0.1) is 0 Å². The van der Waals surface area contributed by atoms with Crippen molar-refractivity contribution in [1.82, 2.24) is 18.8 Å². The standard InChI is InChI=1S/C20H21BrN4O6S/c1-11-4-6-12(7-5-11)32(29,30)25-17-16-14(10-20(17,28)22(2)19(25)27)23-13(8-9-15(23)21)18(26)24(16)31-3/h4-9,14,16-17,28H,10H2,1-3H3/t14-,16-,17?,20+/m0/s1. The molecule has 1 N–H and O–H groups in total. The van der Waals surface area contributed by atoms with Gasteiger partial charge in [-0.3, -0.25) is 14.5 Å². The number of likely N-dealkylation sites (N-methyl/N-ethyl adjacent to an activating group) is 1. The molecule has 1 unspecified atom stereocenters. The summed E-state index contributed by atoms with van der Waals surface area (Å²) in [5.74, 6) is -0.488. The predicted octanol–water partition coefficient (Wildman–Crippen LogP) is 1.70.